The van der Waals surface area contributed by atoms with Gasteiger partial charge in [0.15, 0.2) is 0 Å². The minimum atomic E-state index is 0.0382. The first kappa shape index (κ1) is 16.5. The second-order valence-electron chi connectivity index (χ2n) is 6.76. The normalized spacial score (nSPS) is 17.3. The standard InChI is InChI=1S/C24H24N2/c1-2-22(18-11-5-3-6-12-18)26-23-16-10-9-15-20(23)17-21(25)24(26)19-13-7-4-8-14-19/h3-17,22,24H,2,25H2,1H3/t22?,24-/m0/s1. The van der Waals surface area contributed by atoms with Gasteiger partial charge in [-0.15, -0.1) is 0 Å². The van der Waals surface area contributed by atoms with Gasteiger partial charge in [0.2, 0.25) is 0 Å². The highest BCUT2D eigenvalue weighted by Gasteiger charge is 2.33. The van der Waals surface area contributed by atoms with E-state index in [1.54, 1.807) is 0 Å². The molecule has 1 heterocycles. The van der Waals surface area contributed by atoms with Gasteiger partial charge in [-0.3, -0.25) is 0 Å². The van der Waals surface area contributed by atoms with Crippen molar-refractivity contribution in [2.24, 2.45) is 5.73 Å². The first-order valence-corrected chi connectivity index (χ1v) is 9.24. The van der Waals surface area contributed by atoms with E-state index in [1.807, 2.05) is 0 Å². The Balaban J connectivity index is 1.90. The van der Waals surface area contributed by atoms with Crippen LogP contribution in [0.1, 0.15) is 42.1 Å². The molecule has 2 atom stereocenters. The molecule has 0 spiro atoms. The molecule has 0 saturated heterocycles. The van der Waals surface area contributed by atoms with Crippen LogP contribution in [-0.4, -0.2) is 0 Å². The van der Waals surface area contributed by atoms with Crippen LogP contribution >= 0.6 is 0 Å². The largest absolute Gasteiger partial charge is 0.400 e. The van der Waals surface area contributed by atoms with Crippen LogP contribution in [0.5, 0.6) is 0 Å². The summed E-state index contributed by atoms with van der Waals surface area (Å²) in [5, 5.41) is 0. The minimum absolute atomic E-state index is 0.0382. The molecule has 2 nitrogen and oxygen atoms in total. The molecule has 0 amide bonds. The summed E-state index contributed by atoms with van der Waals surface area (Å²) in [5.41, 5.74) is 12.5. The maximum Gasteiger partial charge on any atom is 0.0945 e. The highest BCUT2D eigenvalue weighted by molar-refractivity contribution is 5.75. The van der Waals surface area contributed by atoms with Gasteiger partial charge in [0, 0.05) is 11.4 Å². The molecule has 0 aromatic heterocycles. The number of hydrogen-bond acceptors (Lipinski definition) is 2. The molecule has 0 radical (unpaired) electrons. The summed E-state index contributed by atoms with van der Waals surface area (Å²) in [6.45, 7) is 2.25. The SMILES string of the molecule is CCC(c1ccccc1)N1c2ccccc2C=C(N)[C@@H]1c1ccccc1. The van der Waals surface area contributed by atoms with Crippen molar-refractivity contribution in [3.8, 4) is 0 Å². The summed E-state index contributed by atoms with van der Waals surface area (Å²) in [6, 6.07) is 30.1. The second kappa shape index (κ2) is 7.09. The zero-order chi connectivity index (χ0) is 17.9. The average Bonchev–Trinajstić information content (AvgIpc) is 2.70. The summed E-state index contributed by atoms with van der Waals surface area (Å²) in [5.74, 6) is 0. The van der Waals surface area contributed by atoms with Crippen LogP contribution in [0.2, 0.25) is 0 Å². The Bertz CT molecular complexity index is 900. The van der Waals surface area contributed by atoms with E-state index < -0.39 is 0 Å². The van der Waals surface area contributed by atoms with E-state index in [0.717, 1.165) is 12.1 Å². The first-order chi connectivity index (χ1) is 12.8. The van der Waals surface area contributed by atoms with E-state index in [4.69, 9.17) is 5.73 Å². The van der Waals surface area contributed by atoms with E-state index in [9.17, 15) is 0 Å². The molecule has 1 unspecified atom stereocenters. The molecule has 1 aliphatic heterocycles. The fourth-order valence-corrected chi connectivity index (χ4v) is 4.01. The summed E-state index contributed by atoms with van der Waals surface area (Å²) >= 11 is 0. The van der Waals surface area contributed by atoms with Gasteiger partial charge in [-0.25, -0.2) is 0 Å². The lowest BCUT2D eigenvalue weighted by atomic mass is 9.90. The van der Waals surface area contributed by atoms with Crippen LogP contribution in [0.15, 0.2) is 90.6 Å². The number of nitrogens with zero attached hydrogens (tertiary/aromatic N) is 1. The zero-order valence-electron chi connectivity index (χ0n) is 15.0. The number of hydrogen-bond donors (Lipinski definition) is 1. The number of benzene rings is 3. The molecule has 2 N–H and O–H groups in total. The zero-order valence-corrected chi connectivity index (χ0v) is 15.0. The molecule has 4 rings (SSSR count). The van der Waals surface area contributed by atoms with Gasteiger partial charge in [-0.1, -0.05) is 85.8 Å². The summed E-state index contributed by atoms with van der Waals surface area (Å²) < 4.78 is 0. The van der Waals surface area contributed by atoms with Gasteiger partial charge >= 0.3 is 0 Å². The van der Waals surface area contributed by atoms with Crippen molar-refractivity contribution in [1.29, 1.82) is 0 Å². The van der Waals surface area contributed by atoms with E-state index in [-0.39, 0.29) is 12.1 Å². The summed E-state index contributed by atoms with van der Waals surface area (Å²) in [6.07, 6.45) is 3.14. The predicted octanol–water partition coefficient (Wildman–Crippen LogP) is 5.70. The predicted molar refractivity (Wildman–Crippen MR) is 110 cm³/mol. The van der Waals surface area contributed by atoms with E-state index in [0.29, 0.717) is 0 Å². The topological polar surface area (TPSA) is 29.3 Å². The second-order valence-corrected chi connectivity index (χ2v) is 6.76. The third-order valence-electron chi connectivity index (χ3n) is 5.15. The van der Waals surface area contributed by atoms with Crippen LogP contribution in [0.25, 0.3) is 6.08 Å². The van der Waals surface area contributed by atoms with Crippen molar-refractivity contribution < 1.29 is 0 Å². The lowest BCUT2D eigenvalue weighted by Gasteiger charge is -2.43. The Kier molecular flexibility index (Phi) is 4.49. The van der Waals surface area contributed by atoms with Crippen LogP contribution in [0.3, 0.4) is 0 Å². The Hall–Kier alpha value is -3.00. The maximum atomic E-state index is 6.61. The molecule has 3 aromatic rings. The van der Waals surface area contributed by atoms with Crippen LogP contribution in [-0.2, 0) is 0 Å². The fourth-order valence-electron chi connectivity index (χ4n) is 4.01. The van der Waals surface area contributed by atoms with Crippen LogP contribution in [0, 0.1) is 0 Å². The summed E-state index contributed by atoms with van der Waals surface area (Å²) in [4.78, 5) is 2.50. The Morgan fingerprint density at radius 2 is 1.46 bits per heavy atom. The number of anilines is 1. The van der Waals surface area contributed by atoms with Gasteiger partial charge < -0.3 is 10.6 Å². The molecule has 0 fully saturated rings. The lowest BCUT2D eigenvalue weighted by molar-refractivity contribution is 0.547. The Labute approximate surface area is 155 Å². The lowest BCUT2D eigenvalue weighted by Crippen LogP contribution is -2.38. The highest BCUT2D eigenvalue weighted by atomic mass is 15.2. The van der Waals surface area contributed by atoms with Gasteiger partial charge in [0.25, 0.3) is 0 Å². The molecule has 1 aliphatic rings. The molecule has 0 bridgehead atoms. The Morgan fingerprint density at radius 1 is 0.846 bits per heavy atom. The number of fused-ring (bicyclic) bond motifs is 1. The van der Waals surface area contributed by atoms with Crippen LogP contribution < -0.4 is 10.6 Å². The third kappa shape index (κ3) is 2.88. The number of nitrogens with two attached hydrogens (primary N) is 1. The van der Waals surface area contributed by atoms with E-state index >= 15 is 0 Å². The molecule has 2 heteroatoms. The van der Waals surface area contributed by atoms with Crippen molar-refractivity contribution in [3.63, 3.8) is 0 Å². The first-order valence-electron chi connectivity index (χ1n) is 9.24. The monoisotopic (exact) mass is 340 g/mol. The quantitative estimate of drug-likeness (QED) is 0.660. The van der Waals surface area contributed by atoms with Crippen LogP contribution in [0.4, 0.5) is 5.69 Å². The maximum absolute atomic E-state index is 6.61. The van der Waals surface area contributed by atoms with Crippen molar-refractivity contribution in [1.82, 2.24) is 0 Å². The van der Waals surface area contributed by atoms with Gasteiger partial charge in [0.1, 0.15) is 0 Å². The highest BCUT2D eigenvalue weighted by Crippen LogP contribution is 2.45. The molecule has 3 aromatic carbocycles. The van der Waals surface area contributed by atoms with Gasteiger partial charge in [-0.2, -0.15) is 0 Å². The van der Waals surface area contributed by atoms with Crippen molar-refractivity contribution >= 4 is 11.8 Å². The number of rotatable bonds is 4. The Morgan fingerprint density at radius 3 is 2.15 bits per heavy atom. The summed E-state index contributed by atoms with van der Waals surface area (Å²) in [7, 11) is 0. The molecule has 26 heavy (non-hydrogen) atoms. The molecule has 130 valence electrons. The third-order valence-corrected chi connectivity index (χ3v) is 5.15. The van der Waals surface area contributed by atoms with Gasteiger partial charge in [0.05, 0.1) is 12.1 Å². The average molecular weight is 340 g/mol. The van der Waals surface area contributed by atoms with Crippen molar-refractivity contribution in [3.05, 3.63) is 107 Å². The smallest absolute Gasteiger partial charge is 0.0945 e. The fraction of sp³-hybridized carbons (Fsp3) is 0.167. The molecular weight excluding hydrogens is 316 g/mol. The molecule has 0 aliphatic carbocycles. The molecule has 0 saturated carbocycles. The van der Waals surface area contributed by atoms with Crippen molar-refractivity contribution in [2.45, 2.75) is 25.4 Å². The van der Waals surface area contributed by atoms with E-state index in [1.165, 1.54) is 22.4 Å². The van der Waals surface area contributed by atoms with E-state index in [2.05, 4.69) is 103 Å². The molecular formula is C24H24N2. The van der Waals surface area contributed by atoms with Gasteiger partial charge in [-0.05, 0) is 35.3 Å². The van der Waals surface area contributed by atoms with Crippen molar-refractivity contribution in [2.75, 3.05) is 4.90 Å². The number of para-hydroxylation sites is 1. The minimum Gasteiger partial charge on any atom is -0.400 e.